The van der Waals surface area contributed by atoms with E-state index < -0.39 is 28.0 Å². The molecule has 210 valence electrons. The van der Waals surface area contributed by atoms with Gasteiger partial charge in [-0.2, -0.15) is 8.42 Å². The molecule has 3 aromatic rings. The monoisotopic (exact) mass is 565 g/mol. The predicted molar refractivity (Wildman–Crippen MR) is 147 cm³/mol. The third-order valence-corrected chi connectivity index (χ3v) is 7.55. The minimum atomic E-state index is -4.01. The maximum Gasteiger partial charge on any atom is 0.408 e. The number of amides is 2. The van der Waals surface area contributed by atoms with Crippen LogP contribution < -0.4 is 14.8 Å². The number of hydrogen-bond donors (Lipinski definition) is 2. The second-order valence-corrected chi connectivity index (χ2v) is 10.8. The van der Waals surface area contributed by atoms with E-state index in [9.17, 15) is 22.8 Å². The van der Waals surface area contributed by atoms with E-state index >= 15 is 0 Å². The van der Waals surface area contributed by atoms with Crippen LogP contribution in [0.4, 0.5) is 4.79 Å². The van der Waals surface area contributed by atoms with Gasteiger partial charge < -0.3 is 24.5 Å². The maximum absolute atomic E-state index is 13.2. The highest BCUT2D eigenvalue weighted by Crippen LogP contribution is 2.20. The largest absolute Gasteiger partial charge is 0.445 e. The van der Waals surface area contributed by atoms with Crippen LogP contribution in [0.2, 0.25) is 0 Å². The molecule has 1 aliphatic rings. The molecular weight excluding hydrogens is 534 g/mol. The van der Waals surface area contributed by atoms with Crippen LogP contribution >= 0.6 is 0 Å². The summed E-state index contributed by atoms with van der Waals surface area (Å²) in [6.45, 7) is 2.35. The molecule has 1 fully saturated rings. The van der Waals surface area contributed by atoms with E-state index in [1.54, 1.807) is 35.2 Å². The first kappa shape index (κ1) is 28.8. The van der Waals surface area contributed by atoms with Gasteiger partial charge in [0.15, 0.2) is 5.78 Å². The van der Waals surface area contributed by atoms with Gasteiger partial charge in [0.1, 0.15) is 17.3 Å². The van der Waals surface area contributed by atoms with E-state index in [0.29, 0.717) is 31.7 Å². The molecule has 1 atom stereocenters. The van der Waals surface area contributed by atoms with Crippen LogP contribution in [0.15, 0.2) is 89.8 Å². The molecule has 2 N–H and O–H groups in total. The standard InChI is InChI=1S/C29H31N3O7S/c33-27(20-28(34)32-17-15-30-16-18-32)26(31-29(35)38-21-23-7-3-1-4-8-23)19-22-11-13-24(14-12-22)39-40(36,37)25-9-5-2-6-10-25/h1-14,26,30H,15-21H2,(H,31,35)/t26-/m0/s1. The molecule has 4 rings (SSSR count). The number of nitrogens with one attached hydrogen (secondary N) is 2. The van der Waals surface area contributed by atoms with Crippen molar-refractivity contribution in [1.29, 1.82) is 0 Å². The summed E-state index contributed by atoms with van der Waals surface area (Å²) in [6.07, 6.45) is -1.08. The quantitative estimate of drug-likeness (QED) is 0.268. The van der Waals surface area contributed by atoms with Crippen LogP contribution in [-0.2, 0) is 37.5 Å². The van der Waals surface area contributed by atoms with E-state index in [1.165, 1.54) is 24.3 Å². The van der Waals surface area contributed by atoms with Gasteiger partial charge in [0.2, 0.25) is 5.91 Å². The first-order chi connectivity index (χ1) is 19.3. The third-order valence-electron chi connectivity index (χ3n) is 6.29. The van der Waals surface area contributed by atoms with Crippen LogP contribution in [0.5, 0.6) is 5.75 Å². The van der Waals surface area contributed by atoms with Crippen molar-refractivity contribution in [2.75, 3.05) is 26.2 Å². The highest BCUT2D eigenvalue weighted by atomic mass is 32.2. The first-order valence-corrected chi connectivity index (χ1v) is 14.3. The molecule has 1 aliphatic heterocycles. The van der Waals surface area contributed by atoms with E-state index in [2.05, 4.69) is 10.6 Å². The lowest BCUT2D eigenvalue weighted by Crippen LogP contribution is -2.49. The number of ether oxygens (including phenoxy) is 1. The lowest BCUT2D eigenvalue weighted by Gasteiger charge is -2.28. The van der Waals surface area contributed by atoms with Crippen molar-refractivity contribution in [2.24, 2.45) is 0 Å². The Morgan fingerprint density at radius 1 is 0.850 bits per heavy atom. The molecule has 10 nitrogen and oxygen atoms in total. The van der Waals surface area contributed by atoms with E-state index in [1.807, 2.05) is 30.3 Å². The molecular formula is C29H31N3O7S. The molecule has 0 unspecified atom stereocenters. The molecule has 3 aromatic carbocycles. The van der Waals surface area contributed by atoms with Crippen LogP contribution in [-0.4, -0.2) is 63.3 Å². The summed E-state index contributed by atoms with van der Waals surface area (Å²) in [7, 11) is -4.01. The molecule has 0 aromatic heterocycles. The van der Waals surface area contributed by atoms with Gasteiger partial charge in [-0.1, -0.05) is 60.7 Å². The molecule has 0 bridgehead atoms. The number of carbonyl (C=O) groups is 3. The van der Waals surface area contributed by atoms with E-state index in [4.69, 9.17) is 8.92 Å². The Balaban J connectivity index is 1.42. The second-order valence-electron chi connectivity index (χ2n) is 9.23. The Morgan fingerprint density at radius 2 is 1.48 bits per heavy atom. The minimum Gasteiger partial charge on any atom is -0.445 e. The Bertz CT molecular complexity index is 1390. The zero-order chi connectivity index (χ0) is 28.4. The number of carbonyl (C=O) groups excluding carboxylic acids is 3. The van der Waals surface area contributed by atoms with E-state index in [-0.39, 0.29) is 36.0 Å². The van der Waals surface area contributed by atoms with Crippen molar-refractivity contribution in [3.63, 3.8) is 0 Å². The molecule has 2 amide bonds. The molecule has 11 heteroatoms. The number of nitrogens with zero attached hydrogens (tertiary/aromatic N) is 1. The van der Waals surface area contributed by atoms with Crippen molar-refractivity contribution in [3.05, 3.63) is 96.1 Å². The molecule has 1 heterocycles. The molecule has 1 saturated heterocycles. The summed E-state index contributed by atoms with van der Waals surface area (Å²) >= 11 is 0. The number of rotatable bonds is 11. The second kappa shape index (κ2) is 13.7. The molecule has 0 aliphatic carbocycles. The van der Waals surface area contributed by atoms with Crippen molar-refractivity contribution in [2.45, 2.75) is 30.4 Å². The summed E-state index contributed by atoms with van der Waals surface area (Å²) in [6, 6.07) is 22.0. The Hall–Kier alpha value is -4.22. The van der Waals surface area contributed by atoms with Crippen molar-refractivity contribution in [3.8, 4) is 5.75 Å². The maximum atomic E-state index is 13.2. The average molecular weight is 566 g/mol. The SMILES string of the molecule is O=C(N[C@@H](Cc1ccc(OS(=O)(=O)c2ccccc2)cc1)C(=O)CC(=O)N1CCNCC1)OCc1ccccc1. The Kier molecular flexibility index (Phi) is 9.87. The van der Waals surface area contributed by atoms with Gasteiger partial charge in [0.25, 0.3) is 0 Å². The van der Waals surface area contributed by atoms with Crippen LogP contribution in [0.25, 0.3) is 0 Å². The average Bonchev–Trinajstić information content (AvgIpc) is 2.98. The summed E-state index contributed by atoms with van der Waals surface area (Å²) in [5.74, 6) is -0.655. The summed E-state index contributed by atoms with van der Waals surface area (Å²) < 4.78 is 35.5. The van der Waals surface area contributed by atoms with Crippen LogP contribution in [0.1, 0.15) is 17.5 Å². The number of alkyl carbamates (subject to hydrolysis) is 1. The summed E-state index contributed by atoms with van der Waals surface area (Å²) in [5.41, 5.74) is 1.41. The highest BCUT2D eigenvalue weighted by molar-refractivity contribution is 7.87. The van der Waals surface area contributed by atoms with Gasteiger partial charge in [-0.05, 0) is 41.8 Å². The molecule has 0 spiro atoms. The van der Waals surface area contributed by atoms with Crippen LogP contribution in [0.3, 0.4) is 0 Å². The van der Waals surface area contributed by atoms with Gasteiger partial charge in [0.05, 0.1) is 12.5 Å². The number of hydrogen-bond acceptors (Lipinski definition) is 8. The highest BCUT2D eigenvalue weighted by Gasteiger charge is 2.27. The summed E-state index contributed by atoms with van der Waals surface area (Å²) in [5, 5.41) is 5.76. The summed E-state index contributed by atoms with van der Waals surface area (Å²) in [4.78, 5) is 40.1. The Morgan fingerprint density at radius 3 is 2.12 bits per heavy atom. The smallest absolute Gasteiger partial charge is 0.408 e. The van der Waals surface area contributed by atoms with Gasteiger partial charge in [-0.25, -0.2) is 4.79 Å². The molecule has 0 radical (unpaired) electrons. The molecule has 0 saturated carbocycles. The van der Waals surface area contributed by atoms with Gasteiger partial charge in [-0.3, -0.25) is 9.59 Å². The topological polar surface area (TPSA) is 131 Å². The van der Waals surface area contributed by atoms with E-state index in [0.717, 1.165) is 5.56 Å². The van der Waals surface area contributed by atoms with Crippen molar-refractivity contribution < 1.29 is 31.7 Å². The number of benzene rings is 3. The fourth-order valence-electron chi connectivity index (χ4n) is 4.13. The fourth-order valence-corrected chi connectivity index (χ4v) is 5.08. The lowest BCUT2D eigenvalue weighted by molar-refractivity contribution is -0.136. The van der Waals surface area contributed by atoms with Gasteiger partial charge in [0, 0.05) is 26.2 Å². The number of ketones is 1. The van der Waals surface area contributed by atoms with Gasteiger partial charge in [-0.15, -0.1) is 0 Å². The third kappa shape index (κ3) is 8.39. The zero-order valence-corrected chi connectivity index (χ0v) is 22.6. The van der Waals surface area contributed by atoms with Crippen molar-refractivity contribution >= 4 is 27.9 Å². The van der Waals surface area contributed by atoms with Crippen LogP contribution in [0, 0.1) is 0 Å². The first-order valence-electron chi connectivity index (χ1n) is 12.9. The Labute approximate surface area is 233 Å². The normalized spacial score (nSPS) is 14.2. The van der Waals surface area contributed by atoms with Gasteiger partial charge >= 0.3 is 16.2 Å². The minimum absolute atomic E-state index is 0.0230. The molecule has 40 heavy (non-hydrogen) atoms. The number of piperazine rings is 1. The fraction of sp³-hybridized carbons (Fsp3) is 0.276. The zero-order valence-electron chi connectivity index (χ0n) is 21.8. The number of Topliss-reactive ketones (excluding diaryl/α,β-unsaturated/α-hetero) is 1. The lowest BCUT2D eigenvalue weighted by atomic mass is 10.00. The predicted octanol–water partition coefficient (Wildman–Crippen LogP) is 2.68. The van der Waals surface area contributed by atoms with Crippen molar-refractivity contribution in [1.82, 2.24) is 15.5 Å².